The number of aromatic nitrogens is 2. The van der Waals surface area contributed by atoms with Gasteiger partial charge in [-0.2, -0.15) is 0 Å². The second-order valence-corrected chi connectivity index (χ2v) is 8.64. The molecule has 136 valence electrons. The van der Waals surface area contributed by atoms with Crippen LogP contribution in [-0.4, -0.2) is 21.9 Å². The van der Waals surface area contributed by atoms with E-state index in [0.717, 1.165) is 41.8 Å². The van der Waals surface area contributed by atoms with E-state index in [9.17, 15) is 4.79 Å². The topological polar surface area (TPSA) is 49.0 Å². The lowest BCUT2D eigenvalue weighted by Gasteiger charge is -2.24. The predicted octanol–water partition coefficient (Wildman–Crippen LogP) is 4.30. The number of nitrogens with one attached hydrogen (secondary N) is 1. The van der Waals surface area contributed by atoms with Gasteiger partial charge in [-0.05, 0) is 50.3 Å². The number of hydrogen-bond acceptors (Lipinski definition) is 4. The first-order valence-corrected chi connectivity index (χ1v) is 10.1. The molecule has 2 atom stereocenters. The van der Waals surface area contributed by atoms with Crippen molar-refractivity contribution in [2.24, 2.45) is 5.92 Å². The minimum Gasteiger partial charge on any atom is -0.309 e. The monoisotopic (exact) mass is 367 g/mol. The van der Waals surface area contributed by atoms with E-state index in [4.69, 9.17) is 4.98 Å². The van der Waals surface area contributed by atoms with Gasteiger partial charge in [-0.1, -0.05) is 37.3 Å². The van der Waals surface area contributed by atoms with Crippen LogP contribution in [0.2, 0.25) is 0 Å². The highest BCUT2D eigenvalue weighted by atomic mass is 32.1. The number of aromatic amines is 1. The summed E-state index contributed by atoms with van der Waals surface area (Å²) in [4.78, 5) is 25.2. The maximum atomic E-state index is 12.8. The third-order valence-corrected chi connectivity index (χ3v) is 6.66. The van der Waals surface area contributed by atoms with Gasteiger partial charge in [0, 0.05) is 11.4 Å². The molecule has 0 saturated carbocycles. The second-order valence-electron chi connectivity index (χ2n) is 7.56. The molecule has 1 aromatic carbocycles. The Kier molecular flexibility index (Phi) is 4.67. The molecule has 0 aliphatic heterocycles. The first-order chi connectivity index (χ1) is 12.5. The van der Waals surface area contributed by atoms with Gasteiger partial charge in [-0.25, -0.2) is 4.98 Å². The van der Waals surface area contributed by atoms with Crippen molar-refractivity contribution in [3.8, 4) is 0 Å². The Balaban J connectivity index is 1.65. The third kappa shape index (κ3) is 3.21. The van der Waals surface area contributed by atoms with Crippen LogP contribution in [0.5, 0.6) is 0 Å². The van der Waals surface area contributed by atoms with Crippen LogP contribution in [0.15, 0.2) is 35.1 Å². The van der Waals surface area contributed by atoms with Crippen molar-refractivity contribution in [1.82, 2.24) is 14.9 Å². The molecule has 1 aliphatic rings. The molecule has 2 aromatic heterocycles. The Morgan fingerprint density at radius 1 is 1.35 bits per heavy atom. The van der Waals surface area contributed by atoms with E-state index in [1.807, 2.05) is 6.07 Å². The average Bonchev–Trinajstić information content (AvgIpc) is 2.99. The van der Waals surface area contributed by atoms with Crippen LogP contribution in [0.1, 0.15) is 48.1 Å². The number of fused-ring (bicyclic) bond motifs is 3. The Labute approximate surface area is 157 Å². The number of nitrogens with zero attached hydrogens (tertiary/aromatic N) is 2. The molecular weight excluding hydrogens is 342 g/mol. The van der Waals surface area contributed by atoms with E-state index in [1.165, 1.54) is 16.0 Å². The highest BCUT2D eigenvalue weighted by Gasteiger charge is 2.24. The fourth-order valence-corrected chi connectivity index (χ4v) is 5.17. The molecule has 0 bridgehead atoms. The summed E-state index contributed by atoms with van der Waals surface area (Å²) in [5.74, 6) is 1.46. The van der Waals surface area contributed by atoms with Gasteiger partial charge in [0.05, 0.1) is 11.4 Å². The van der Waals surface area contributed by atoms with Crippen LogP contribution in [0.25, 0.3) is 10.2 Å². The van der Waals surface area contributed by atoms with Gasteiger partial charge in [-0.3, -0.25) is 9.69 Å². The summed E-state index contributed by atoms with van der Waals surface area (Å²) in [6.07, 6.45) is 3.24. The van der Waals surface area contributed by atoms with Crippen molar-refractivity contribution in [1.29, 1.82) is 0 Å². The Morgan fingerprint density at radius 2 is 2.12 bits per heavy atom. The van der Waals surface area contributed by atoms with Crippen molar-refractivity contribution >= 4 is 21.6 Å². The van der Waals surface area contributed by atoms with E-state index in [0.29, 0.717) is 5.92 Å². The minimum atomic E-state index is 0.0250. The summed E-state index contributed by atoms with van der Waals surface area (Å²) >= 11 is 1.72. The Bertz CT molecular complexity index is 976. The van der Waals surface area contributed by atoms with Crippen molar-refractivity contribution in [3.05, 3.63) is 62.5 Å². The molecule has 0 amide bonds. The van der Waals surface area contributed by atoms with Gasteiger partial charge in [0.25, 0.3) is 5.56 Å². The molecule has 1 N–H and O–H groups in total. The maximum absolute atomic E-state index is 12.8. The third-order valence-electron chi connectivity index (χ3n) is 5.52. The highest BCUT2D eigenvalue weighted by molar-refractivity contribution is 7.18. The van der Waals surface area contributed by atoms with Crippen LogP contribution < -0.4 is 5.56 Å². The summed E-state index contributed by atoms with van der Waals surface area (Å²) in [6.45, 7) is 5.21. The molecule has 4 rings (SSSR count). The predicted molar refractivity (Wildman–Crippen MR) is 108 cm³/mol. The molecule has 1 aliphatic carbocycles. The molecule has 3 aromatic rings. The number of hydrogen-bond donors (Lipinski definition) is 1. The summed E-state index contributed by atoms with van der Waals surface area (Å²) < 4.78 is 0. The van der Waals surface area contributed by atoms with Crippen molar-refractivity contribution in [2.75, 3.05) is 7.05 Å². The average molecular weight is 368 g/mol. The standard InChI is InChI=1S/C21H25N3OS/c1-13-9-10-16-17(11-13)26-21-18(16)20(25)22-19(23-21)14(2)24(3)12-15-7-5-4-6-8-15/h4-8,13-14H,9-12H2,1-3H3,(H,22,23,25). The molecule has 0 saturated heterocycles. The number of H-pyrrole nitrogens is 1. The normalized spacial score (nSPS) is 18.2. The molecule has 2 heterocycles. The first-order valence-electron chi connectivity index (χ1n) is 9.31. The van der Waals surface area contributed by atoms with E-state index < -0.39 is 0 Å². The van der Waals surface area contributed by atoms with Gasteiger partial charge < -0.3 is 4.98 Å². The lowest BCUT2D eigenvalue weighted by Crippen LogP contribution is -2.26. The summed E-state index contributed by atoms with van der Waals surface area (Å²) in [6, 6.07) is 10.4. The number of aryl methyl sites for hydroxylation is 1. The fourth-order valence-electron chi connectivity index (χ4n) is 3.78. The lowest BCUT2D eigenvalue weighted by atomic mass is 9.89. The smallest absolute Gasteiger partial charge is 0.259 e. The molecule has 0 radical (unpaired) electrons. The highest BCUT2D eigenvalue weighted by Crippen LogP contribution is 2.36. The molecule has 4 nitrogen and oxygen atoms in total. The second kappa shape index (κ2) is 6.97. The largest absolute Gasteiger partial charge is 0.309 e. The van der Waals surface area contributed by atoms with Gasteiger partial charge in [0.2, 0.25) is 0 Å². The zero-order valence-electron chi connectivity index (χ0n) is 15.6. The molecule has 0 fully saturated rings. The van der Waals surface area contributed by atoms with Crippen LogP contribution in [0, 0.1) is 5.92 Å². The molecule has 5 heteroatoms. The van der Waals surface area contributed by atoms with E-state index >= 15 is 0 Å². The minimum absolute atomic E-state index is 0.0250. The van der Waals surface area contributed by atoms with Crippen LogP contribution >= 0.6 is 11.3 Å². The number of rotatable bonds is 4. The van der Waals surface area contributed by atoms with Crippen molar-refractivity contribution in [2.45, 2.75) is 45.7 Å². The van der Waals surface area contributed by atoms with Gasteiger partial charge in [0.1, 0.15) is 10.7 Å². The Hall–Kier alpha value is -1.98. The first kappa shape index (κ1) is 17.4. The molecular formula is C21H25N3OS. The summed E-state index contributed by atoms with van der Waals surface area (Å²) in [5.41, 5.74) is 2.52. The quantitative estimate of drug-likeness (QED) is 0.748. The van der Waals surface area contributed by atoms with E-state index in [-0.39, 0.29) is 11.6 Å². The van der Waals surface area contributed by atoms with Crippen molar-refractivity contribution < 1.29 is 0 Å². The maximum Gasteiger partial charge on any atom is 0.259 e. The van der Waals surface area contributed by atoms with Crippen LogP contribution in [0.4, 0.5) is 0 Å². The SMILES string of the molecule is CC1CCc2c(sc3nc(C(C)N(C)Cc4ccccc4)[nH]c(=O)c23)C1. The Morgan fingerprint density at radius 3 is 2.88 bits per heavy atom. The fraction of sp³-hybridized carbons (Fsp3) is 0.429. The number of benzene rings is 1. The van der Waals surface area contributed by atoms with Gasteiger partial charge >= 0.3 is 0 Å². The van der Waals surface area contributed by atoms with E-state index in [2.05, 4.69) is 55.0 Å². The molecule has 0 spiro atoms. The molecule has 26 heavy (non-hydrogen) atoms. The molecule has 2 unspecified atom stereocenters. The van der Waals surface area contributed by atoms with Gasteiger partial charge in [0.15, 0.2) is 0 Å². The van der Waals surface area contributed by atoms with Crippen molar-refractivity contribution in [3.63, 3.8) is 0 Å². The van der Waals surface area contributed by atoms with Gasteiger partial charge in [-0.15, -0.1) is 11.3 Å². The zero-order valence-corrected chi connectivity index (χ0v) is 16.4. The van der Waals surface area contributed by atoms with Crippen LogP contribution in [0.3, 0.4) is 0 Å². The number of thiophene rings is 1. The lowest BCUT2D eigenvalue weighted by molar-refractivity contribution is 0.244. The summed E-state index contributed by atoms with van der Waals surface area (Å²) in [5, 5.41) is 0.832. The zero-order chi connectivity index (χ0) is 18.3. The van der Waals surface area contributed by atoms with Crippen LogP contribution in [-0.2, 0) is 19.4 Å². The van der Waals surface area contributed by atoms with E-state index in [1.54, 1.807) is 11.3 Å². The summed E-state index contributed by atoms with van der Waals surface area (Å²) in [7, 11) is 2.07.